The second-order valence-corrected chi connectivity index (χ2v) is 3.31. The fourth-order valence-corrected chi connectivity index (χ4v) is 1.56. The summed E-state index contributed by atoms with van der Waals surface area (Å²) in [7, 11) is 0. The highest BCUT2D eigenvalue weighted by molar-refractivity contribution is 7.83. The van der Waals surface area contributed by atoms with Gasteiger partial charge in [-0.1, -0.05) is 25.2 Å². The van der Waals surface area contributed by atoms with Gasteiger partial charge in [-0.25, -0.2) is 0 Å². The molecular weight excluding hydrogens is 148 g/mol. The third-order valence-corrected chi connectivity index (χ3v) is 2.49. The van der Waals surface area contributed by atoms with Gasteiger partial charge in [0.15, 0.2) is 0 Å². The fourth-order valence-electron chi connectivity index (χ4n) is 0.946. The molecule has 0 saturated carbocycles. The molecular formula is C7H9O2S-. The van der Waals surface area contributed by atoms with Gasteiger partial charge in [0, 0.05) is 4.91 Å². The molecule has 0 radical (unpaired) electrons. The van der Waals surface area contributed by atoms with E-state index in [0.29, 0.717) is 4.91 Å². The monoisotopic (exact) mass is 157 g/mol. The van der Waals surface area contributed by atoms with Crippen molar-refractivity contribution in [2.45, 2.75) is 13.3 Å². The zero-order chi connectivity index (χ0) is 7.56. The first kappa shape index (κ1) is 7.69. The number of hydrogen-bond donors (Lipinski definition) is 0. The lowest BCUT2D eigenvalue weighted by Gasteiger charge is -2.18. The minimum atomic E-state index is -2.02. The maximum Gasteiger partial charge on any atom is 0.00552 e. The second kappa shape index (κ2) is 3.12. The van der Waals surface area contributed by atoms with Crippen molar-refractivity contribution >= 4 is 11.1 Å². The Hall–Kier alpha value is -0.410. The van der Waals surface area contributed by atoms with E-state index in [1.54, 1.807) is 12.2 Å². The molecule has 2 nitrogen and oxygen atoms in total. The summed E-state index contributed by atoms with van der Waals surface area (Å²) in [5, 5.41) is 0. The Kier molecular flexibility index (Phi) is 2.40. The molecule has 56 valence electrons. The van der Waals surface area contributed by atoms with Gasteiger partial charge in [0.05, 0.1) is 0 Å². The molecule has 0 aromatic carbocycles. The molecule has 0 fully saturated rings. The molecule has 0 spiro atoms. The molecule has 0 aliphatic heterocycles. The summed E-state index contributed by atoms with van der Waals surface area (Å²) in [6.07, 6.45) is 6.24. The van der Waals surface area contributed by atoms with E-state index in [1.165, 1.54) is 0 Å². The van der Waals surface area contributed by atoms with E-state index in [2.05, 4.69) is 0 Å². The molecule has 1 aliphatic carbocycles. The highest BCUT2D eigenvalue weighted by atomic mass is 32.2. The van der Waals surface area contributed by atoms with Gasteiger partial charge in [0.1, 0.15) is 0 Å². The van der Waals surface area contributed by atoms with Crippen molar-refractivity contribution in [3.05, 3.63) is 23.1 Å². The molecule has 0 N–H and O–H groups in total. The molecule has 0 aromatic heterocycles. The predicted molar refractivity (Wildman–Crippen MR) is 39.9 cm³/mol. The van der Waals surface area contributed by atoms with Gasteiger partial charge in [-0.2, -0.15) is 0 Å². The summed E-state index contributed by atoms with van der Waals surface area (Å²) >= 11 is -2.02. The van der Waals surface area contributed by atoms with Crippen LogP contribution in [0.3, 0.4) is 0 Å². The quantitative estimate of drug-likeness (QED) is 0.539. The smallest absolute Gasteiger partial charge is 0.00552 e. The number of allylic oxidation sites excluding steroid dienone is 4. The zero-order valence-corrected chi connectivity index (χ0v) is 6.56. The third-order valence-electron chi connectivity index (χ3n) is 1.56. The van der Waals surface area contributed by atoms with Crippen molar-refractivity contribution in [2.24, 2.45) is 5.92 Å². The van der Waals surface area contributed by atoms with Crippen molar-refractivity contribution in [3.8, 4) is 0 Å². The van der Waals surface area contributed by atoms with Gasteiger partial charge in [0.25, 0.3) is 0 Å². The van der Waals surface area contributed by atoms with Crippen LogP contribution in [0.1, 0.15) is 13.3 Å². The van der Waals surface area contributed by atoms with E-state index in [0.717, 1.165) is 6.42 Å². The van der Waals surface area contributed by atoms with E-state index in [4.69, 9.17) is 0 Å². The third kappa shape index (κ3) is 1.55. The van der Waals surface area contributed by atoms with Gasteiger partial charge in [0.2, 0.25) is 0 Å². The van der Waals surface area contributed by atoms with Crippen molar-refractivity contribution < 1.29 is 8.76 Å². The summed E-state index contributed by atoms with van der Waals surface area (Å²) in [4.78, 5) is 0.516. The van der Waals surface area contributed by atoms with Crippen LogP contribution in [0.5, 0.6) is 0 Å². The van der Waals surface area contributed by atoms with E-state index < -0.39 is 11.1 Å². The first-order valence-electron chi connectivity index (χ1n) is 3.18. The minimum absolute atomic E-state index is 0.156. The molecule has 2 atom stereocenters. The van der Waals surface area contributed by atoms with Gasteiger partial charge >= 0.3 is 0 Å². The molecule has 1 rings (SSSR count). The Bertz CT molecular complexity index is 206. The lowest BCUT2D eigenvalue weighted by Crippen LogP contribution is -2.06. The lowest BCUT2D eigenvalue weighted by atomic mass is 10.0. The maximum absolute atomic E-state index is 10.5. The van der Waals surface area contributed by atoms with Crippen LogP contribution < -0.4 is 0 Å². The molecule has 0 amide bonds. The van der Waals surface area contributed by atoms with E-state index in [-0.39, 0.29) is 5.92 Å². The Morgan fingerprint density at radius 1 is 1.80 bits per heavy atom. The molecule has 10 heavy (non-hydrogen) atoms. The van der Waals surface area contributed by atoms with Crippen molar-refractivity contribution in [1.82, 2.24) is 0 Å². The number of hydrogen-bond acceptors (Lipinski definition) is 2. The van der Waals surface area contributed by atoms with Crippen molar-refractivity contribution in [1.29, 1.82) is 0 Å². The molecule has 3 heteroatoms. The first-order chi connectivity index (χ1) is 4.72. The normalized spacial score (nSPS) is 27.8. The van der Waals surface area contributed by atoms with Crippen molar-refractivity contribution in [2.75, 3.05) is 0 Å². The zero-order valence-electron chi connectivity index (χ0n) is 5.74. The summed E-state index contributed by atoms with van der Waals surface area (Å²) in [6.45, 7) is 1.91. The molecule has 0 saturated heterocycles. The Balaban J connectivity index is 2.80. The van der Waals surface area contributed by atoms with E-state index in [1.807, 2.05) is 13.0 Å². The van der Waals surface area contributed by atoms with Gasteiger partial charge in [-0.15, -0.1) is 0 Å². The molecule has 1 aliphatic rings. The van der Waals surface area contributed by atoms with Crippen LogP contribution in [0, 0.1) is 5.92 Å². The van der Waals surface area contributed by atoms with Crippen LogP contribution in [0.2, 0.25) is 0 Å². The van der Waals surface area contributed by atoms with E-state index in [9.17, 15) is 8.76 Å². The van der Waals surface area contributed by atoms with Crippen LogP contribution in [0.25, 0.3) is 0 Å². The summed E-state index contributed by atoms with van der Waals surface area (Å²) in [5.74, 6) is 0.156. The Labute approximate surface area is 62.9 Å². The standard InChI is InChI=1S/C7H10O2S/c1-6-4-2-3-5-7(6)10(8)9/h2-3,5-6H,4H2,1H3,(H,8,9)/p-1. The Morgan fingerprint density at radius 2 is 2.50 bits per heavy atom. The average Bonchev–Trinajstić information content (AvgIpc) is 1.88. The summed E-state index contributed by atoms with van der Waals surface area (Å²) < 4.78 is 20.9. The van der Waals surface area contributed by atoms with Crippen molar-refractivity contribution in [3.63, 3.8) is 0 Å². The summed E-state index contributed by atoms with van der Waals surface area (Å²) in [6, 6.07) is 0. The van der Waals surface area contributed by atoms with E-state index >= 15 is 0 Å². The van der Waals surface area contributed by atoms with Crippen LogP contribution in [0.15, 0.2) is 23.1 Å². The lowest BCUT2D eigenvalue weighted by molar-refractivity contribution is 0.534. The number of rotatable bonds is 1. The van der Waals surface area contributed by atoms with Crippen LogP contribution in [-0.2, 0) is 11.1 Å². The first-order valence-corrected chi connectivity index (χ1v) is 4.25. The average molecular weight is 157 g/mol. The Morgan fingerprint density at radius 3 is 2.90 bits per heavy atom. The molecule has 2 unspecified atom stereocenters. The predicted octanol–water partition coefficient (Wildman–Crippen LogP) is 1.35. The topological polar surface area (TPSA) is 40.1 Å². The molecule has 0 heterocycles. The van der Waals surface area contributed by atoms with Gasteiger partial charge in [-0.05, 0) is 23.4 Å². The van der Waals surface area contributed by atoms with Crippen LogP contribution in [0.4, 0.5) is 0 Å². The van der Waals surface area contributed by atoms with Crippen LogP contribution in [-0.4, -0.2) is 8.76 Å². The largest absolute Gasteiger partial charge is 0.769 e. The highest BCUT2D eigenvalue weighted by Gasteiger charge is 2.09. The summed E-state index contributed by atoms with van der Waals surface area (Å²) in [5.41, 5.74) is 0. The minimum Gasteiger partial charge on any atom is -0.769 e. The molecule has 0 bridgehead atoms. The van der Waals surface area contributed by atoms with Gasteiger partial charge in [-0.3, -0.25) is 4.21 Å². The highest BCUT2D eigenvalue weighted by Crippen LogP contribution is 2.21. The maximum atomic E-state index is 10.5. The SMILES string of the molecule is CC1CC=CC=C1S(=O)[O-]. The van der Waals surface area contributed by atoms with Gasteiger partial charge < -0.3 is 4.55 Å². The second-order valence-electron chi connectivity index (χ2n) is 2.37. The fraction of sp³-hybridized carbons (Fsp3) is 0.429. The van der Waals surface area contributed by atoms with Crippen LogP contribution >= 0.6 is 0 Å². The molecule has 0 aromatic rings.